The summed E-state index contributed by atoms with van der Waals surface area (Å²) in [5.74, 6) is -0.404. The van der Waals surface area contributed by atoms with Crippen LogP contribution < -0.4 is 20.9 Å². The zero-order valence-corrected chi connectivity index (χ0v) is 26.0. The maximum Gasteiger partial charge on any atom is 0.263 e. The quantitative estimate of drug-likeness (QED) is 0.322. The van der Waals surface area contributed by atoms with E-state index in [1.807, 2.05) is 39.1 Å². The molecule has 2 saturated heterocycles. The molecule has 0 spiro atoms. The molecule has 0 bridgehead atoms. The molecular weight excluding hydrogens is 577 g/mol. The van der Waals surface area contributed by atoms with E-state index in [-0.39, 0.29) is 60.1 Å². The van der Waals surface area contributed by atoms with Crippen molar-refractivity contribution in [3.05, 3.63) is 75.2 Å². The van der Waals surface area contributed by atoms with Gasteiger partial charge in [-0.3, -0.25) is 14.4 Å². The van der Waals surface area contributed by atoms with Crippen LogP contribution in [0.3, 0.4) is 0 Å². The third kappa shape index (κ3) is 7.26. The lowest BCUT2D eigenvalue weighted by Crippen LogP contribution is -2.51. The van der Waals surface area contributed by atoms with Crippen LogP contribution in [0.1, 0.15) is 77.4 Å². The molecule has 2 amide bonds. The molecule has 3 fully saturated rings. The molecule has 0 unspecified atom stereocenters. The summed E-state index contributed by atoms with van der Waals surface area (Å²) < 4.78 is 26.9. The van der Waals surface area contributed by atoms with E-state index < -0.39 is 12.1 Å². The maximum atomic E-state index is 13.7. The molecule has 1 aromatic carbocycles. The van der Waals surface area contributed by atoms with Crippen LogP contribution in [0.2, 0.25) is 0 Å². The molecular formula is C34H40FN5O5. The van der Waals surface area contributed by atoms with Crippen LogP contribution in [-0.2, 0) is 11.3 Å². The molecule has 10 nitrogen and oxygen atoms in total. The lowest BCUT2D eigenvalue weighted by molar-refractivity contribution is 0.0401. The van der Waals surface area contributed by atoms with Gasteiger partial charge in [0.1, 0.15) is 17.6 Å². The van der Waals surface area contributed by atoms with E-state index in [0.717, 1.165) is 43.4 Å². The highest BCUT2D eigenvalue weighted by Crippen LogP contribution is 2.34. The molecule has 6 rings (SSSR count). The average Bonchev–Trinajstić information content (AvgIpc) is 3.70. The minimum Gasteiger partial charge on any atom is -0.475 e. The third-order valence-electron chi connectivity index (χ3n) is 8.25. The number of ether oxygens (including phenoxy) is 2. The fraction of sp³-hybridized carbons (Fsp3) is 0.471. The topological polar surface area (TPSA) is 115 Å². The van der Waals surface area contributed by atoms with Gasteiger partial charge in [-0.1, -0.05) is 17.7 Å². The summed E-state index contributed by atoms with van der Waals surface area (Å²) in [5, 5.41) is 6.22. The number of halogens is 1. The summed E-state index contributed by atoms with van der Waals surface area (Å²) in [5.41, 5.74) is 3.03. The molecule has 1 saturated carbocycles. The lowest BCUT2D eigenvalue weighted by Gasteiger charge is -2.34. The van der Waals surface area contributed by atoms with Gasteiger partial charge in [0.25, 0.3) is 17.4 Å². The number of hydrogen-bond donors (Lipinski definition) is 2. The van der Waals surface area contributed by atoms with Crippen LogP contribution in [0.15, 0.2) is 47.4 Å². The largest absolute Gasteiger partial charge is 0.475 e. The van der Waals surface area contributed by atoms with Crippen LogP contribution in [-0.4, -0.2) is 70.9 Å². The summed E-state index contributed by atoms with van der Waals surface area (Å²) in [6.07, 6.45) is 4.67. The van der Waals surface area contributed by atoms with E-state index in [1.165, 1.54) is 4.90 Å². The number of nitrogens with zero attached hydrogens (tertiary/aromatic N) is 3. The standard InChI is InChI=1S/C34H40FN5O5/c1-20(2)45-31-14-23(27-9-6-21(3)11-28(27)33(42)39-18-24(35)19-39)13-30(37-31)38-32(41)29-12-22(15-36-16-26-5-4-10-44-26)17-40(34(29)43)25-7-8-25/h6,9,11-14,17,20,24-26,36H,4-5,7-8,10,15-16,18-19H2,1-3H3,(H,37,38,41)/t26-/m0/s1. The minimum absolute atomic E-state index is 0.0293. The van der Waals surface area contributed by atoms with Crippen molar-refractivity contribution in [2.24, 2.45) is 0 Å². The monoisotopic (exact) mass is 617 g/mol. The second-order valence-corrected chi connectivity index (χ2v) is 12.5. The molecule has 3 aromatic rings. The molecule has 3 aliphatic rings. The second-order valence-electron chi connectivity index (χ2n) is 12.5. The van der Waals surface area contributed by atoms with Crippen LogP contribution in [0.4, 0.5) is 10.2 Å². The van der Waals surface area contributed by atoms with E-state index in [2.05, 4.69) is 15.6 Å². The molecule has 1 aliphatic carbocycles. The second kappa shape index (κ2) is 13.1. The van der Waals surface area contributed by atoms with Crippen molar-refractivity contribution < 1.29 is 23.5 Å². The molecule has 1 atom stereocenters. The number of rotatable bonds is 11. The van der Waals surface area contributed by atoms with Crippen molar-refractivity contribution in [1.82, 2.24) is 19.8 Å². The number of hydrogen-bond acceptors (Lipinski definition) is 7. The Kier molecular flexibility index (Phi) is 9.00. The molecule has 4 heterocycles. The number of aromatic nitrogens is 2. The van der Waals surface area contributed by atoms with Gasteiger partial charge in [-0.15, -0.1) is 0 Å². The number of carbonyl (C=O) groups excluding carboxylic acids is 2. The van der Waals surface area contributed by atoms with Crippen molar-refractivity contribution in [2.75, 3.05) is 31.6 Å². The van der Waals surface area contributed by atoms with Crippen molar-refractivity contribution in [1.29, 1.82) is 0 Å². The molecule has 2 aliphatic heterocycles. The highest BCUT2D eigenvalue weighted by molar-refractivity contribution is 6.05. The zero-order valence-electron chi connectivity index (χ0n) is 26.0. The minimum atomic E-state index is -1.02. The van der Waals surface area contributed by atoms with Crippen LogP contribution in [0, 0.1) is 6.92 Å². The molecule has 238 valence electrons. The number of likely N-dealkylation sites (tertiary alicyclic amines) is 1. The third-order valence-corrected chi connectivity index (χ3v) is 8.25. The Balaban J connectivity index is 1.30. The van der Waals surface area contributed by atoms with Gasteiger partial charge in [0.15, 0.2) is 0 Å². The van der Waals surface area contributed by atoms with E-state index in [0.29, 0.717) is 29.8 Å². The number of benzene rings is 1. The summed E-state index contributed by atoms with van der Waals surface area (Å²) in [7, 11) is 0. The van der Waals surface area contributed by atoms with E-state index in [4.69, 9.17) is 9.47 Å². The highest BCUT2D eigenvalue weighted by Gasteiger charge is 2.32. The van der Waals surface area contributed by atoms with Gasteiger partial charge in [-0.05, 0) is 81.3 Å². The number of carbonyl (C=O) groups is 2. The van der Waals surface area contributed by atoms with Crippen molar-refractivity contribution >= 4 is 17.6 Å². The van der Waals surface area contributed by atoms with Gasteiger partial charge >= 0.3 is 0 Å². The van der Waals surface area contributed by atoms with E-state index >= 15 is 0 Å². The molecule has 45 heavy (non-hydrogen) atoms. The number of amides is 2. The Bertz CT molecular complexity index is 1640. The summed E-state index contributed by atoms with van der Waals surface area (Å²) in [6, 6.07) is 10.6. The normalized spacial score (nSPS) is 18.2. The Labute approximate surface area is 261 Å². The fourth-order valence-electron chi connectivity index (χ4n) is 5.78. The Morgan fingerprint density at radius 2 is 1.91 bits per heavy atom. The number of anilines is 1. The molecule has 2 aromatic heterocycles. The van der Waals surface area contributed by atoms with Crippen molar-refractivity contribution in [3.8, 4) is 17.0 Å². The average molecular weight is 618 g/mol. The number of nitrogens with one attached hydrogen (secondary N) is 2. The maximum absolute atomic E-state index is 13.7. The summed E-state index contributed by atoms with van der Waals surface area (Å²) in [6.45, 7) is 7.72. The number of alkyl halides is 1. The predicted molar refractivity (Wildman–Crippen MR) is 169 cm³/mol. The van der Waals surface area contributed by atoms with Gasteiger partial charge in [0, 0.05) is 43.6 Å². The Morgan fingerprint density at radius 1 is 1.11 bits per heavy atom. The predicted octanol–water partition coefficient (Wildman–Crippen LogP) is 4.66. The van der Waals surface area contributed by atoms with Crippen LogP contribution in [0.25, 0.3) is 11.1 Å². The van der Waals surface area contributed by atoms with Gasteiger partial charge < -0.3 is 29.6 Å². The van der Waals surface area contributed by atoms with Gasteiger partial charge in [-0.25, -0.2) is 4.39 Å². The summed E-state index contributed by atoms with van der Waals surface area (Å²) >= 11 is 0. The SMILES string of the molecule is Cc1ccc(-c2cc(NC(=O)c3cc(CNC[C@@H]4CCCO4)cn(C4CC4)c3=O)nc(OC(C)C)c2)c(C(=O)N2CC(F)C2)c1. The molecule has 11 heteroatoms. The smallest absolute Gasteiger partial charge is 0.263 e. The Morgan fingerprint density at radius 3 is 2.60 bits per heavy atom. The number of pyridine rings is 2. The van der Waals surface area contributed by atoms with Gasteiger partial charge in [-0.2, -0.15) is 4.98 Å². The van der Waals surface area contributed by atoms with Crippen molar-refractivity contribution in [3.63, 3.8) is 0 Å². The van der Waals surface area contributed by atoms with Gasteiger partial charge in [0.2, 0.25) is 5.88 Å². The zero-order chi connectivity index (χ0) is 31.7. The van der Waals surface area contributed by atoms with Gasteiger partial charge in [0.05, 0.1) is 25.3 Å². The van der Waals surface area contributed by atoms with Crippen LogP contribution >= 0.6 is 0 Å². The van der Waals surface area contributed by atoms with E-state index in [9.17, 15) is 18.8 Å². The summed E-state index contributed by atoms with van der Waals surface area (Å²) in [4.78, 5) is 46.5. The van der Waals surface area contributed by atoms with E-state index in [1.54, 1.807) is 28.8 Å². The fourth-order valence-corrected chi connectivity index (χ4v) is 5.78. The highest BCUT2D eigenvalue weighted by atomic mass is 19.1. The molecule has 2 N–H and O–H groups in total. The molecule has 0 radical (unpaired) electrons. The first-order valence-electron chi connectivity index (χ1n) is 15.8. The number of aryl methyl sites for hydroxylation is 1. The first-order valence-corrected chi connectivity index (χ1v) is 15.8. The first-order chi connectivity index (χ1) is 21.6. The van der Waals surface area contributed by atoms with Crippen LogP contribution in [0.5, 0.6) is 5.88 Å². The first kappa shape index (κ1) is 30.9. The lowest BCUT2D eigenvalue weighted by atomic mass is 9.96. The van der Waals surface area contributed by atoms with Crippen molar-refractivity contribution in [2.45, 2.75) is 77.4 Å². The Hall–Kier alpha value is -4.09.